The van der Waals surface area contributed by atoms with Crippen molar-refractivity contribution < 1.29 is 13.2 Å². The molecule has 1 aromatic rings. The lowest BCUT2D eigenvalue weighted by Gasteiger charge is -2.31. The van der Waals surface area contributed by atoms with Crippen LogP contribution in [0.25, 0.3) is 0 Å². The van der Waals surface area contributed by atoms with Gasteiger partial charge in [0, 0.05) is 12.6 Å². The van der Waals surface area contributed by atoms with E-state index in [0.717, 1.165) is 31.5 Å². The molecular weight excluding hydrogens is 265 g/mol. The summed E-state index contributed by atoms with van der Waals surface area (Å²) < 4.78 is 37.3. The molecule has 1 atom stereocenters. The van der Waals surface area contributed by atoms with Gasteiger partial charge in [-0.2, -0.15) is 13.2 Å². The van der Waals surface area contributed by atoms with Gasteiger partial charge in [0.05, 0.1) is 6.54 Å². The Kier molecular flexibility index (Phi) is 5.43. The Hall–Kier alpha value is -1.07. The number of piperidine rings is 1. The zero-order chi connectivity index (χ0) is 14.4. The van der Waals surface area contributed by atoms with E-state index in [4.69, 9.17) is 0 Å². The number of nitrogens with zero attached hydrogens (tertiary/aromatic N) is 1. The molecule has 1 aliphatic rings. The quantitative estimate of drug-likeness (QED) is 0.893. The van der Waals surface area contributed by atoms with Gasteiger partial charge in [0.25, 0.3) is 0 Å². The first-order chi connectivity index (χ1) is 9.54. The predicted molar refractivity (Wildman–Crippen MR) is 73.5 cm³/mol. The number of nitrogens with one attached hydrogen (secondary N) is 1. The van der Waals surface area contributed by atoms with Gasteiger partial charge in [-0.15, -0.1) is 0 Å². The molecule has 1 saturated heterocycles. The van der Waals surface area contributed by atoms with Crippen LogP contribution < -0.4 is 5.32 Å². The number of halogens is 3. The molecule has 5 heteroatoms. The molecule has 2 rings (SSSR count). The molecule has 1 heterocycles. The molecule has 0 radical (unpaired) electrons. The van der Waals surface area contributed by atoms with Crippen LogP contribution in [0.2, 0.25) is 0 Å². The summed E-state index contributed by atoms with van der Waals surface area (Å²) in [5.41, 5.74) is 0.919. The minimum atomic E-state index is -4.17. The van der Waals surface area contributed by atoms with Crippen LogP contribution in [-0.2, 0) is 0 Å². The second-order valence-corrected chi connectivity index (χ2v) is 5.32. The first kappa shape index (κ1) is 15.3. The van der Waals surface area contributed by atoms with Crippen molar-refractivity contribution in [1.82, 2.24) is 10.2 Å². The van der Waals surface area contributed by atoms with Crippen molar-refractivity contribution in [2.75, 3.05) is 26.2 Å². The highest BCUT2D eigenvalue weighted by molar-refractivity contribution is 5.19. The molecule has 20 heavy (non-hydrogen) atoms. The SMILES string of the molecule is FC(F)(F)CN[C@H](CN1CCCCC1)c1ccccc1. The van der Waals surface area contributed by atoms with Crippen LogP contribution in [0.5, 0.6) is 0 Å². The maximum atomic E-state index is 12.4. The van der Waals surface area contributed by atoms with Gasteiger partial charge in [0.1, 0.15) is 0 Å². The Morgan fingerprint density at radius 3 is 2.30 bits per heavy atom. The van der Waals surface area contributed by atoms with E-state index in [-0.39, 0.29) is 6.04 Å². The molecule has 112 valence electrons. The van der Waals surface area contributed by atoms with Crippen LogP contribution in [0, 0.1) is 0 Å². The fraction of sp³-hybridized carbons (Fsp3) is 0.600. The fourth-order valence-electron chi connectivity index (χ4n) is 2.61. The van der Waals surface area contributed by atoms with Gasteiger partial charge in [-0.05, 0) is 31.5 Å². The summed E-state index contributed by atoms with van der Waals surface area (Å²) in [4.78, 5) is 2.25. The zero-order valence-corrected chi connectivity index (χ0v) is 11.5. The first-order valence-corrected chi connectivity index (χ1v) is 7.12. The van der Waals surface area contributed by atoms with E-state index in [2.05, 4.69) is 10.2 Å². The van der Waals surface area contributed by atoms with Crippen LogP contribution in [-0.4, -0.2) is 37.3 Å². The minimum Gasteiger partial charge on any atom is -0.301 e. The van der Waals surface area contributed by atoms with Crippen molar-refractivity contribution in [3.63, 3.8) is 0 Å². The molecule has 0 saturated carbocycles. The topological polar surface area (TPSA) is 15.3 Å². The van der Waals surface area contributed by atoms with E-state index in [1.165, 1.54) is 6.42 Å². The Labute approximate surface area is 118 Å². The van der Waals surface area contributed by atoms with Crippen LogP contribution in [0.3, 0.4) is 0 Å². The highest BCUT2D eigenvalue weighted by atomic mass is 19.4. The number of benzene rings is 1. The number of likely N-dealkylation sites (tertiary alicyclic amines) is 1. The molecule has 0 aliphatic carbocycles. The molecule has 0 bridgehead atoms. The smallest absolute Gasteiger partial charge is 0.301 e. The number of hydrogen-bond acceptors (Lipinski definition) is 2. The normalized spacial score (nSPS) is 18.9. The van der Waals surface area contributed by atoms with Gasteiger partial charge in [0.2, 0.25) is 0 Å². The molecule has 0 unspecified atom stereocenters. The van der Waals surface area contributed by atoms with Gasteiger partial charge in [0.15, 0.2) is 0 Å². The van der Waals surface area contributed by atoms with Gasteiger partial charge < -0.3 is 10.2 Å². The lowest BCUT2D eigenvalue weighted by atomic mass is 10.0. The third kappa shape index (κ3) is 5.13. The summed E-state index contributed by atoms with van der Waals surface area (Å²) in [6, 6.07) is 9.12. The van der Waals surface area contributed by atoms with Crippen molar-refractivity contribution in [1.29, 1.82) is 0 Å². The van der Waals surface area contributed by atoms with E-state index in [1.807, 2.05) is 30.3 Å². The molecule has 2 nitrogen and oxygen atoms in total. The van der Waals surface area contributed by atoms with Crippen molar-refractivity contribution in [2.45, 2.75) is 31.5 Å². The van der Waals surface area contributed by atoms with Gasteiger partial charge in [-0.25, -0.2) is 0 Å². The zero-order valence-electron chi connectivity index (χ0n) is 11.5. The average Bonchev–Trinajstić information content (AvgIpc) is 2.44. The van der Waals surface area contributed by atoms with Crippen molar-refractivity contribution in [3.05, 3.63) is 35.9 Å². The van der Waals surface area contributed by atoms with Crippen LogP contribution >= 0.6 is 0 Å². The fourth-order valence-corrected chi connectivity index (χ4v) is 2.61. The molecule has 1 fully saturated rings. The lowest BCUT2D eigenvalue weighted by Crippen LogP contribution is -2.41. The minimum absolute atomic E-state index is 0.268. The Balaban J connectivity index is 1.99. The summed E-state index contributed by atoms with van der Waals surface area (Å²) in [7, 11) is 0. The first-order valence-electron chi connectivity index (χ1n) is 7.12. The summed E-state index contributed by atoms with van der Waals surface area (Å²) in [6.07, 6.45) is -0.668. The van der Waals surface area contributed by atoms with Crippen LogP contribution in [0.15, 0.2) is 30.3 Å². The van der Waals surface area contributed by atoms with E-state index >= 15 is 0 Å². The van der Waals surface area contributed by atoms with Gasteiger partial charge in [-0.3, -0.25) is 0 Å². The standard InChI is InChI=1S/C15H21F3N2/c16-15(17,18)12-19-14(13-7-3-1-4-8-13)11-20-9-5-2-6-10-20/h1,3-4,7-8,14,19H,2,5-6,9-12H2/t14-/m1/s1. The van der Waals surface area contributed by atoms with Gasteiger partial charge in [-0.1, -0.05) is 36.8 Å². The molecule has 0 aromatic heterocycles. The van der Waals surface area contributed by atoms with E-state index < -0.39 is 12.7 Å². The molecule has 0 spiro atoms. The van der Waals surface area contributed by atoms with Crippen LogP contribution in [0.1, 0.15) is 30.9 Å². The maximum Gasteiger partial charge on any atom is 0.401 e. The maximum absolute atomic E-state index is 12.4. The molecule has 1 aromatic carbocycles. The van der Waals surface area contributed by atoms with E-state index in [1.54, 1.807) is 0 Å². The van der Waals surface area contributed by atoms with E-state index in [9.17, 15) is 13.2 Å². The summed E-state index contributed by atoms with van der Waals surface area (Å²) in [5.74, 6) is 0. The molecule has 1 aliphatic heterocycles. The lowest BCUT2D eigenvalue weighted by molar-refractivity contribution is -0.126. The second-order valence-electron chi connectivity index (χ2n) is 5.32. The summed E-state index contributed by atoms with van der Waals surface area (Å²) in [5, 5.41) is 2.66. The van der Waals surface area contributed by atoms with Crippen LogP contribution in [0.4, 0.5) is 13.2 Å². The van der Waals surface area contributed by atoms with E-state index in [0.29, 0.717) is 6.54 Å². The Bertz CT molecular complexity index is 386. The van der Waals surface area contributed by atoms with Crippen molar-refractivity contribution >= 4 is 0 Å². The average molecular weight is 286 g/mol. The highest BCUT2D eigenvalue weighted by Gasteiger charge is 2.29. The Morgan fingerprint density at radius 1 is 1.05 bits per heavy atom. The van der Waals surface area contributed by atoms with Crippen molar-refractivity contribution in [2.24, 2.45) is 0 Å². The molecule has 1 N–H and O–H groups in total. The summed E-state index contributed by atoms with van der Waals surface area (Å²) in [6.45, 7) is 1.66. The third-order valence-electron chi connectivity index (χ3n) is 3.64. The Morgan fingerprint density at radius 2 is 1.70 bits per heavy atom. The monoisotopic (exact) mass is 286 g/mol. The molecule has 0 amide bonds. The number of alkyl halides is 3. The predicted octanol–water partition coefficient (Wildman–Crippen LogP) is 3.37. The van der Waals surface area contributed by atoms with Crippen molar-refractivity contribution in [3.8, 4) is 0 Å². The number of rotatable bonds is 5. The number of hydrogen-bond donors (Lipinski definition) is 1. The second kappa shape index (κ2) is 7.09. The molecular formula is C15H21F3N2. The highest BCUT2D eigenvalue weighted by Crippen LogP contribution is 2.20. The third-order valence-corrected chi connectivity index (χ3v) is 3.64. The van der Waals surface area contributed by atoms with Gasteiger partial charge >= 0.3 is 6.18 Å². The summed E-state index contributed by atoms with van der Waals surface area (Å²) >= 11 is 0. The largest absolute Gasteiger partial charge is 0.401 e.